The predicted molar refractivity (Wildman–Crippen MR) is 70.6 cm³/mol. The SMILES string of the molecule is CCC(C)N(C)C(C)c1ccc(O)c(OC)c1. The summed E-state index contributed by atoms with van der Waals surface area (Å²) in [4.78, 5) is 2.33. The van der Waals surface area contributed by atoms with Crippen LogP contribution in [0, 0.1) is 0 Å². The van der Waals surface area contributed by atoms with Crippen molar-refractivity contribution < 1.29 is 9.84 Å². The third-order valence-corrected chi connectivity index (χ3v) is 3.58. The maximum absolute atomic E-state index is 9.57. The van der Waals surface area contributed by atoms with Crippen molar-refractivity contribution in [3.8, 4) is 11.5 Å². The van der Waals surface area contributed by atoms with E-state index >= 15 is 0 Å². The molecule has 0 heterocycles. The molecule has 0 bridgehead atoms. The summed E-state index contributed by atoms with van der Waals surface area (Å²) in [5.41, 5.74) is 1.16. The average molecular weight is 237 g/mol. The number of methoxy groups -OCH3 is 1. The molecule has 0 aliphatic carbocycles. The fraction of sp³-hybridized carbons (Fsp3) is 0.571. The third-order valence-electron chi connectivity index (χ3n) is 3.58. The van der Waals surface area contributed by atoms with E-state index in [4.69, 9.17) is 4.74 Å². The Morgan fingerprint density at radius 3 is 2.53 bits per heavy atom. The minimum Gasteiger partial charge on any atom is -0.504 e. The van der Waals surface area contributed by atoms with E-state index < -0.39 is 0 Å². The highest BCUT2D eigenvalue weighted by Gasteiger charge is 2.17. The number of benzene rings is 1. The molecule has 0 aliphatic rings. The first kappa shape index (κ1) is 13.8. The van der Waals surface area contributed by atoms with E-state index in [9.17, 15) is 5.11 Å². The number of phenols is 1. The molecule has 0 amide bonds. The molecule has 1 rings (SSSR count). The molecule has 1 N–H and O–H groups in total. The molecular weight excluding hydrogens is 214 g/mol. The second kappa shape index (κ2) is 5.92. The number of nitrogens with zero attached hydrogens (tertiary/aromatic N) is 1. The Bertz CT molecular complexity index is 365. The van der Waals surface area contributed by atoms with Crippen molar-refractivity contribution in [3.63, 3.8) is 0 Å². The number of rotatable bonds is 5. The summed E-state index contributed by atoms with van der Waals surface area (Å²) in [6.07, 6.45) is 1.12. The fourth-order valence-corrected chi connectivity index (χ4v) is 1.86. The molecule has 96 valence electrons. The zero-order valence-electron chi connectivity index (χ0n) is 11.4. The number of phenolic OH excluding ortho intramolecular Hbond substituents is 1. The van der Waals surface area contributed by atoms with Gasteiger partial charge in [-0.05, 0) is 45.0 Å². The van der Waals surface area contributed by atoms with E-state index in [1.165, 1.54) is 0 Å². The first-order valence-corrected chi connectivity index (χ1v) is 6.10. The van der Waals surface area contributed by atoms with Gasteiger partial charge < -0.3 is 9.84 Å². The smallest absolute Gasteiger partial charge is 0.160 e. The van der Waals surface area contributed by atoms with Crippen LogP contribution in [0.4, 0.5) is 0 Å². The van der Waals surface area contributed by atoms with Gasteiger partial charge in [0.1, 0.15) is 0 Å². The van der Waals surface area contributed by atoms with E-state index in [2.05, 4.69) is 32.7 Å². The van der Waals surface area contributed by atoms with Crippen molar-refractivity contribution in [1.82, 2.24) is 4.90 Å². The van der Waals surface area contributed by atoms with Crippen molar-refractivity contribution in [1.29, 1.82) is 0 Å². The molecule has 1 aromatic rings. The quantitative estimate of drug-likeness (QED) is 0.853. The molecule has 3 heteroatoms. The lowest BCUT2D eigenvalue weighted by molar-refractivity contribution is 0.192. The second-order valence-electron chi connectivity index (χ2n) is 4.53. The Balaban J connectivity index is 2.92. The van der Waals surface area contributed by atoms with Crippen LogP contribution in [0.25, 0.3) is 0 Å². The Morgan fingerprint density at radius 2 is 2.00 bits per heavy atom. The van der Waals surface area contributed by atoms with Crippen LogP contribution in [0.2, 0.25) is 0 Å². The van der Waals surface area contributed by atoms with Crippen LogP contribution in [-0.4, -0.2) is 30.2 Å². The Kier molecular flexibility index (Phi) is 4.82. The van der Waals surface area contributed by atoms with Gasteiger partial charge in [0.15, 0.2) is 11.5 Å². The second-order valence-corrected chi connectivity index (χ2v) is 4.53. The van der Waals surface area contributed by atoms with E-state index in [-0.39, 0.29) is 5.75 Å². The first-order valence-electron chi connectivity index (χ1n) is 6.10. The molecular formula is C14H23NO2. The van der Waals surface area contributed by atoms with Crippen LogP contribution in [0.15, 0.2) is 18.2 Å². The Hall–Kier alpha value is -1.22. The van der Waals surface area contributed by atoms with Crippen LogP contribution in [-0.2, 0) is 0 Å². The highest BCUT2D eigenvalue weighted by Crippen LogP contribution is 2.31. The van der Waals surface area contributed by atoms with Gasteiger partial charge >= 0.3 is 0 Å². The predicted octanol–water partition coefficient (Wildman–Crippen LogP) is 3.19. The summed E-state index contributed by atoms with van der Waals surface area (Å²) in [7, 11) is 3.69. The van der Waals surface area contributed by atoms with Gasteiger partial charge in [-0.1, -0.05) is 13.0 Å². The molecule has 0 radical (unpaired) electrons. The lowest BCUT2D eigenvalue weighted by atomic mass is 10.0. The lowest BCUT2D eigenvalue weighted by Crippen LogP contribution is -2.31. The van der Waals surface area contributed by atoms with Gasteiger partial charge in [0.25, 0.3) is 0 Å². The lowest BCUT2D eigenvalue weighted by Gasteiger charge is -2.30. The fourth-order valence-electron chi connectivity index (χ4n) is 1.86. The summed E-state index contributed by atoms with van der Waals surface area (Å²) < 4.78 is 5.13. The van der Waals surface area contributed by atoms with Crippen molar-refractivity contribution in [2.24, 2.45) is 0 Å². The zero-order chi connectivity index (χ0) is 13.0. The Labute approximate surface area is 104 Å². The maximum Gasteiger partial charge on any atom is 0.160 e. The van der Waals surface area contributed by atoms with Crippen LogP contribution in [0.1, 0.15) is 38.8 Å². The van der Waals surface area contributed by atoms with Crippen LogP contribution < -0.4 is 4.74 Å². The molecule has 2 unspecified atom stereocenters. The summed E-state index contributed by atoms with van der Waals surface area (Å²) >= 11 is 0. The van der Waals surface area contributed by atoms with Gasteiger partial charge in [-0.3, -0.25) is 4.90 Å². The highest BCUT2D eigenvalue weighted by molar-refractivity contribution is 5.42. The van der Waals surface area contributed by atoms with Crippen molar-refractivity contribution in [2.45, 2.75) is 39.3 Å². The van der Waals surface area contributed by atoms with Crippen molar-refractivity contribution in [3.05, 3.63) is 23.8 Å². The largest absolute Gasteiger partial charge is 0.504 e. The summed E-state index contributed by atoms with van der Waals surface area (Å²) in [5, 5.41) is 9.57. The Morgan fingerprint density at radius 1 is 1.35 bits per heavy atom. The van der Waals surface area contributed by atoms with Gasteiger partial charge in [0.2, 0.25) is 0 Å². The summed E-state index contributed by atoms with van der Waals surface area (Å²) in [6, 6.07) is 6.37. The van der Waals surface area contributed by atoms with Crippen LogP contribution >= 0.6 is 0 Å². The highest BCUT2D eigenvalue weighted by atomic mass is 16.5. The van der Waals surface area contributed by atoms with Crippen LogP contribution in [0.5, 0.6) is 11.5 Å². The number of hydrogen-bond donors (Lipinski definition) is 1. The van der Waals surface area contributed by atoms with Gasteiger partial charge in [0.05, 0.1) is 7.11 Å². The normalized spacial score (nSPS) is 14.7. The van der Waals surface area contributed by atoms with Gasteiger partial charge in [-0.25, -0.2) is 0 Å². The number of hydrogen-bond acceptors (Lipinski definition) is 3. The molecule has 0 saturated heterocycles. The summed E-state index contributed by atoms with van der Waals surface area (Å²) in [5.74, 6) is 0.724. The molecule has 3 nitrogen and oxygen atoms in total. The van der Waals surface area contributed by atoms with E-state index in [1.807, 2.05) is 12.1 Å². The molecule has 0 saturated carbocycles. The molecule has 0 fully saturated rings. The zero-order valence-corrected chi connectivity index (χ0v) is 11.4. The average Bonchev–Trinajstić information content (AvgIpc) is 2.36. The molecule has 0 aliphatic heterocycles. The third kappa shape index (κ3) is 3.13. The van der Waals surface area contributed by atoms with E-state index in [0.29, 0.717) is 17.8 Å². The summed E-state index contributed by atoms with van der Waals surface area (Å²) in [6.45, 7) is 6.57. The van der Waals surface area contributed by atoms with Gasteiger partial charge in [-0.2, -0.15) is 0 Å². The maximum atomic E-state index is 9.57. The van der Waals surface area contributed by atoms with Crippen molar-refractivity contribution >= 4 is 0 Å². The minimum atomic E-state index is 0.189. The van der Waals surface area contributed by atoms with E-state index in [1.54, 1.807) is 13.2 Å². The topological polar surface area (TPSA) is 32.7 Å². The molecule has 1 aromatic carbocycles. The minimum absolute atomic E-state index is 0.189. The van der Waals surface area contributed by atoms with Gasteiger partial charge in [0, 0.05) is 12.1 Å². The van der Waals surface area contributed by atoms with E-state index in [0.717, 1.165) is 12.0 Å². The number of aromatic hydroxyl groups is 1. The molecule has 17 heavy (non-hydrogen) atoms. The first-order chi connectivity index (χ1) is 8.01. The molecule has 0 spiro atoms. The molecule has 0 aromatic heterocycles. The molecule has 2 atom stereocenters. The van der Waals surface area contributed by atoms with Crippen molar-refractivity contribution in [2.75, 3.05) is 14.2 Å². The van der Waals surface area contributed by atoms with Gasteiger partial charge in [-0.15, -0.1) is 0 Å². The standard InChI is InChI=1S/C14H23NO2/c1-6-10(2)15(4)11(3)12-7-8-13(16)14(9-12)17-5/h7-11,16H,6H2,1-5H3. The monoisotopic (exact) mass is 237 g/mol. The number of ether oxygens (including phenoxy) is 1. The van der Waals surface area contributed by atoms with Crippen LogP contribution in [0.3, 0.4) is 0 Å².